The predicted octanol–water partition coefficient (Wildman–Crippen LogP) is 1.96. The van der Waals surface area contributed by atoms with E-state index in [1.807, 2.05) is 0 Å². The highest BCUT2D eigenvalue weighted by molar-refractivity contribution is 5.46. The van der Waals surface area contributed by atoms with Gasteiger partial charge in [0.2, 0.25) is 5.88 Å². The number of hydrogen-bond donors (Lipinski definition) is 2. The number of aliphatic hydroxyl groups is 1. The Kier molecular flexibility index (Phi) is 3.64. The number of methoxy groups -OCH3 is 1. The number of hydrogen-bond acceptors (Lipinski definition) is 5. The topological polar surface area (TPSA) is 77.6 Å². The van der Waals surface area contributed by atoms with E-state index in [0.29, 0.717) is 23.1 Å². The number of anilines is 1. The van der Waals surface area contributed by atoms with Crippen LogP contribution < -0.4 is 15.2 Å². The first kappa shape index (κ1) is 12.2. The summed E-state index contributed by atoms with van der Waals surface area (Å²) >= 11 is 0. The first-order valence-corrected chi connectivity index (χ1v) is 5.40. The van der Waals surface area contributed by atoms with E-state index in [4.69, 9.17) is 20.3 Å². The van der Waals surface area contributed by atoms with E-state index in [2.05, 4.69) is 4.98 Å². The molecular weight excluding hydrogens is 232 g/mol. The van der Waals surface area contributed by atoms with Gasteiger partial charge in [-0.3, -0.25) is 0 Å². The van der Waals surface area contributed by atoms with Gasteiger partial charge in [-0.1, -0.05) is 6.07 Å². The van der Waals surface area contributed by atoms with Crippen LogP contribution in [0.25, 0.3) is 0 Å². The molecule has 1 aromatic carbocycles. The molecule has 0 amide bonds. The van der Waals surface area contributed by atoms with Gasteiger partial charge in [-0.05, 0) is 23.8 Å². The number of pyridine rings is 1. The molecule has 0 spiro atoms. The summed E-state index contributed by atoms with van der Waals surface area (Å²) in [5.41, 5.74) is 6.97. The lowest BCUT2D eigenvalue weighted by molar-refractivity contribution is 0.280. The second-order valence-corrected chi connectivity index (χ2v) is 3.67. The standard InChI is InChI=1S/C13H14N2O3/c1-17-12-6-9(8-16)2-3-11(12)18-13-7-10(14)4-5-15-13/h2-7,16H,8H2,1H3,(H2,14,15). The summed E-state index contributed by atoms with van der Waals surface area (Å²) in [4.78, 5) is 4.05. The van der Waals surface area contributed by atoms with Crippen molar-refractivity contribution in [3.05, 3.63) is 42.1 Å². The number of benzene rings is 1. The molecule has 5 heteroatoms. The van der Waals surface area contributed by atoms with Crippen molar-refractivity contribution in [3.8, 4) is 17.4 Å². The molecule has 18 heavy (non-hydrogen) atoms. The molecule has 3 N–H and O–H groups in total. The van der Waals surface area contributed by atoms with Gasteiger partial charge in [0.15, 0.2) is 11.5 Å². The molecule has 0 saturated carbocycles. The van der Waals surface area contributed by atoms with Gasteiger partial charge in [0.1, 0.15) is 0 Å². The molecular formula is C13H14N2O3. The molecule has 0 unspecified atom stereocenters. The van der Waals surface area contributed by atoms with E-state index in [1.54, 1.807) is 36.5 Å². The smallest absolute Gasteiger partial charge is 0.221 e. The molecule has 0 aliphatic carbocycles. The fourth-order valence-corrected chi connectivity index (χ4v) is 1.49. The maximum Gasteiger partial charge on any atom is 0.221 e. The van der Waals surface area contributed by atoms with Crippen LogP contribution in [-0.4, -0.2) is 17.2 Å². The molecule has 0 radical (unpaired) electrons. The average Bonchev–Trinajstić information content (AvgIpc) is 2.39. The van der Waals surface area contributed by atoms with E-state index in [0.717, 1.165) is 5.56 Å². The molecule has 0 fully saturated rings. The maximum atomic E-state index is 9.05. The maximum absolute atomic E-state index is 9.05. The molecule has 0 saturated heterocycles. The van der Waals surface area contributed by atoms with E-state index >= 15 is 0 Å². The first-order valence-electron chi connectivity index (χ1n) is 5.40. The summed E-state index contributed by atoms with van der Waals surface area (Å²) in [6.45, 7) is -0.0484. The van der Waals surface area contributed by atoms with Crippen molar-refractivity contribution in [1.29, 1.82) is 0 Å². The number of rotatable bonds is 4. The van der Waals surface area contributed by atoms with Gasteiger partial charge in [-0.15, -0.1) is 0 Å². The van der Waals surface area contributed by atoms with Crippen LogP contribution in [0.15, 0.2) is 36.5 Å². The molecule has 5 nitrogen and oxygen atoms in total. The Hall–Kier alpha value is -2.27. The molecule has 1 heterocycles. The molecule has 0 bridgehead atoms. The normalized spacial score (nSPS) is 10.1. The van der Waals surface area contributed by atoms with Crippen LogP contribution in [0, 0.1) is 0 Å². The molecule has 0 aliphatic heterocycles. The second-order valence-electron chi connectivity index (χ2n) is 3.67. The zero-order valence-corrected chi connectivity index (χ0v) is 9.96. The van der Waals surface area contributed by atoms with Gasteiger partial charge in [-0.2, -0.15) is 0 Å². The van der Waals surface area contributed by atoms with Gasteiger partial charge < -0.3 is 20.3 Å². The monoisotopic (exact) mass is 246 g/mol. The Balaban J connectivity index is 2.28. The Morgan fingerprint density at radius 1 is 1.22 bits per heavy atom. The largest absolute Gasteiger partial charge is 0.493 e. The third-order valence-electron chi connectivity index (χ3n) is 2.38. The van der Waals surface area contributed by atoms with Gasteiger partial charge in [-0.25, -0.2) is 4.98 Å². The highest BCUT2D eigenvalue weighted by atomic mass is 16.5. The van der Waals surface area contributed by atoms with Crippen LogP contribution in [0.5, 0.6) is 17.4 Å². The Morgan fingerprint density at radius 2 is 2.06 bits per heavy atom. The number of ether oxygens (including phenoxy) is 2. The SMILES string of the molecule is COc1cc(CO)ccc1Oc1cc(N)ccn1. The van der Waals surface area contributed by atoms with Crippen LogP contribution in [0.2, 0.25) is 0 Å². The summed E-state index contributed by atoms with van der Waals surface area (Å²) in [5.74, 6) is 1.45. The van der Waals surface area contributed by atoms with Crippen LogP contribution in [0.3, 0.4) is 0 Å². The van der Waals surface area contributed by atoms with Crippen molar-refractivity contribution < 1.29 is 14.6 Å². The minimum absolute atomic E-state index is 0.0484. The number of nitrogen functional groups attached to an aromatic ring is 1. The zero-order chi connectivity index (χ0) is 13.0. The van der Waals surface area contributed by atoms with Crippen molar-refractivity contribution >= 4 is 5.69 Å². The quantitative estimate of drug-likeness (QED) is 0.862. The Bertz CT molecular complexity index is 544. The highest BCUT2D eigenvalue weighted by Crippen LogP contribution is 2.31. The van der Waals surface area contributed by atoms with Crippen molar-refractivity contribution in [2.45, 2.75) is 6.61 Å². The van der Waals surface area contributed by atoms with Crippen LogP contribution in [-0.2, 0) is 6.61 Å². The van der Waals surface area contributed by atoms with Gasteiger partial charge in [0, 0.05) is 18.0 Å². The van der Waals surface area contributed by atoms with E-state index in [9.17, 15) is 0 Å². The van der Waals surface area contributed by atoms with Crippen molar-refractivity contribution in [2.75, 3.05) is 12.8 Å². The van der Waals surface area contributed by atoms with Crippen LogP contribution in [0.1, 0.15) is 5.56 Å². The van der Waals surface area contributed by atoms with Crippen LogP contribution >= 0.6 is 0 Å². The third-order valence-corrected chi connectivity index (χ3v) is 2.38. The fourth-order valence-electron chi connectivity index (χ4n) is 1.49. The Morgan fingerprint density at radius 3 is 2.72 bits per heavy atom. The minimum atomic E-state index is -0.0484. The van der Waals surface area contributed by atoms with E-state index in [-0.39, 0.29) is 6.61 Å². The van der Waals surface area contributed by atoms with Crippen molar-refractivity contribution in [3.63, 3.8) is 0 Å². The summed E-state index contributed by atoms with van der Waals surface area (Å²) < 4.78 is 10.8. The summed E-state index contributed by atoms with van der Waals surface area (Å²) in [6, 6.07) is 8.49. The summed E-state index contributed by atoms with van der Waals surface area (Å²) in [6.07, 6.45) is 1.57. The molecule has 0 aliphatic rings. The lowest BCUT2D eigenvalue weighted by Crippen LogP contribution is -1.95. The molecule has 2 aromatic rings. The van der Waals surface area contributed by atoms with Gasteiger partial charge in [0.05, 0.1) is 13.7 Å². The average molecular weight is 246 g/mol. The van der Waals surface area contributed by atoms with Crippen molar-refractivity contribution in [2.24, 2.45) is 0 Å². The molecule has 1 aromatic heterocycles. The van der Waals surface area contributed by atoms with Crippen molar-refractivity contribution in [1.82, 2.24) is 4.98 Å². The zero-order valence-electron chi connectivity index (χ0n) is 9.96. The third kappa shape index (κ3) is 2.70. The van der Waals surface area contributed by atoms with Crippen LogP contribution in [0.4, 0.5) is 5.69 Å². The lowest BCUT2D eigenvalue weighted by atomic mass is 10.2. The van der Waals surface area contributed by atoms with Gasteiger partial charge in [0.25, 0.3) is 0 Å². The Labute approximate surface area is 105 Å². The first-order chi connectivity index (χ1) is 8.72. The minimum Gasteiger partial charge on any atom is -0.493 e. The highest BCUT2D eigenvalue weighted by Gasteiger charge is 2.07. The lowest BCUT2D eigenvalue weighted by Gasteiger charge is -2.10. The fraction of sp³-hybridized carbons (Fsp3) is 0.154. The number of nitrogens with two attached hydrogens (primary N) is 1. The van der Waals surface area contributed by atoms with Gasteiger partial charge >= 0.3 is 0 Å². The predicted molar refractivity (Wildman–Crippen MR) is 67.6 cm³/mol. The molecule has 0 atom stereocenters. The number of aliphatic hydroxyl groups excluding tert-OH is 1. The summed E-state index contributed by atoms with van der Waals surface area (Å²) in [7, 11) is 1.54. The second kappa shape index (κ2) is 5.37. The molecule has 94 valence electrons. The van der Waals surface area contributed by atoms with E-state index in [1.165, 1.54) is 7.11 Å². The number of nitrogens with zero attached hydrogens (tertiary/aromatic N) is 1. The molecule has 2 rings (SSSR count). The number of aromatic nitrogens is 1. The van der Waals surface area contributed by atoms with E-state index < -0.39 is 0 Å². The summed E-state index contributed by atoms with van der Waals surface area (Å²) in [5, 5.41) is 9.05.